The summed E-state index contributed by atoms with van der Waals surface area (Å²) in [5.41, 5.74) is 2.73. The maximum Gasteiger partial charge on any atom is 0.360 e. The molecule has 0 spiro atoms. The van der Waals surface area contributed by atoms with Crippen LogP contribution in [0.3, 0.4) is 0 Å². The molecule has 0 radical (unpaired) electrons. The fourth-order valence-electron chi connectivity index (χ4n) is 3.68. The van der Waals surface area contributed by atoms with E-state index in [1.54, 1.807) is 37.3 Å². The first-order valence-corrected chi connectivity index (χ1v) is 9.29. The zero-order valence-corrected chi connectivity index (χ0v) is 15.8. The minimum absolute atomic E-state index is 0.0197. The van der Waals surface area contributed by atoms with E-state index in [1.807, 2.05) is 12.1 Å². The molecule has 6 heteroatoms. The van der Waals surface area contributed by atoms with E-state index in [9.17, 15) is 14.4 Å². The number of aryl methyl sites for hydroxylation is 3. The minimum Gasteiger partial charge on any atom is -0.449 e. The molecule has 1 aromatic heterocycles. The molecule has 0 fully saturated rings. The van der Waals surface area contributed by atoms with Crippen LogP contribution in [0.2, 0.25) is 0 Å². The number of aromatic nitrogens is 2. The third-order valence-corrected chi connectivity index (χ3v) is 5.19. The predicted octanol–water partition coefficient (Wildman–Crippen LogP) is 2.85. The van der Waals surface area contributed by atoms with E-state index in [1.165, 1.54) is 18.2 Å². The average Bonchev–Trinajstić information content (AvgIpc) is 3.17. The summed E-state index contributed by atoms with van der Waals surface area (Å²) in [4.78, 5) is 37.7. The monoisotopic (exact) mass is 376 g/mol. The van der Waals surface area contributed by atoms with E-state index < -0.39 is 12.1 Å². The Morgan fingerprint density at radius 2 is 1.79 bits per heavy atom. The van der Waals surface area contributed by atoms with Crippen LogP contribution in [0.4, 0.5) is 0 Å². The van der Waals surface area contributed by atoms with Gasteiger partial charge in [0.05, 0.1) is 5.39 Å². The molecular weight excluding hydrogens is 356 g/mol. The molecule has 0 unspecified atom stereocenters. The predicted molar refractivity (Wildman–Crippen MR) is 105 cm³/mol. The van der Waals surface area contributed by atoms with Crippen LogP contribution < -0.4 is 5.56 Å². The SMILES string of the molecule is C[C@@H](OC(=O)c1nn(C)c(=O)c2ccccc12)C(=O)c1ccc2c(c1)CCC2. The van der Waals surface area contributed by atoms with Gasteiger partial charge in [0.1, 0.15) is 0 Å². The van der Waals surface area contributed by atoms with Crippen molar-refractivity contribution in [3.63, 3.8) is 0 Å². The zero-order chi connectivity index (χ0) is 19.8. The van der Waals surface area contributed by atoms with Crippen molar-refractivity contribution in [1.29, 1.82) is 0 Å². The molecule has 28 heavy (non-hydrogen) atoms. The molecule has 0 saturated carbocycles. The summed E-state index contributed by atoms with van der Waals surface area (Å²) in [6.45, 7) is 1.55. The minimum atomic E-state index is -0.954. The maximum atomic E-state index is 12.7. The van der Waals surface area contributed by atoms with Crippen LogP contribution in [0, 0.1) is 0 Å². The standard InChI is InChI=1S/C22H20N2O4/c1-13(20(25)16-11-10-14-6-5-7-15(14)12-16)28-22(27)19-17-8-3-4-9-18(17)21(26)24(2)23-19/h3-4,8-13H,5-7H2,1-2H3/t13-/m1/s1. The fourth-order valence-corrected chi connectivity index (χ4v) is 3.68. The lowest BCUT2D eigenvalue weighted by molar-refractivity contribution is 0.0313. The maximum absolute atomic E-state index is 12.7. The van der Waals surface area contributed by atoms with Crippen LogP contribution in [-0.2, 0) is 24.6 Å². The molecule has 0 saturated heterocycles. The number of Topliss-reactive ketones (excluding diaryl/α,β-unsaturated/α-hetero) is 1. The molecule has 2 aromatic carbocycles. The Balaban J connectivity index is 1.60. The van der Waals surface area contributed by atoms with E-state index in [2.05, 4.69) is 5.10 Å². The molecule has 4 rings (SSSR count). The van der Waals surface area contributed by atoms with Gasteiger partial charge in [-0.1, -0.05) is 30.3 Å². The molecule has 1 heterocycles. The third-order valence-electron chi connectivity index (χ3n) is 5.19. The Labute approximate surface area is 161 Å². The third kappa shape index (κ3) is 3.11. The van der Waals surface area contributed by atoms with Gasteiger partial charge < -0.3 is 4.74 Å². The number of rotatable bonds is 4. The van der Waals surface area contributed by atoms with Crippen molar-refractivity contribution in [1.82, 2.24) is 9.78 Å². The van der Waals surface area contributed by atoms with Crippen LogP contribution in [0.1, 0.15) is 45.3 Å². The summed E-state index contributed by atoms with van der Waals surface area (Å²) in [5.74, 6) is -0.981. The Hall–Kier alpha value is -3.28. The molecule has 6 nitrogen and oxygen atoms in total. The molecule has 3 aromatic rings. The van der Waals surface area contributed by atoms with Gasteiger partial charge in [0.15, 0.2) is 11.8 Å². The van der Waals surface area contributed by atoms with E-state index >= 15 is 0 Å². The topological polar surface area (TPSA) is 78.3 Å². The van der Waals surface area contributed by atoms with Crippen molar-refractivity contribution in [2.75, 3.05) is 0 Å². The molecular formula is C22H20N2O4. The first kappa shape index (κ1) is 18.1. The second-order valence-corrected chi connectivity index (χ2v) is 7.07. The van der Waals surface area contributed by atoms with Crippen LogP contribution in [-0.4, -0.2) is 27.6 Å². The van der Waals surface area contributed by atoms with Crippen molar-refractivity contribution in [3.05, 3.63) is 75.2 Å². The Bertz CT molecular complexity index is 1160. The van der Waals surface area contributed by atoms with Gasteiger partial charge in [-0.3, -0.25) is 9.59 Å². The van der Waals surface area contributed by atoms with Gasteiger partial charge in [-0.05, 0) is 49.4 Å². The van der Waals surface area contributed by atoms with Gasteiger partial charge in [0, 0.05) is 18.0 Å². The van der Waals surface area contributed by atoms with E-state index in [0.29, 0.717) is 16.3 Å². The largest absolute Gasteiger partial charge is 0.449 e. The summed E-state index contributed by atoms with van der Waals surface area (Å²) >= 11 is 0. The lowest BCUT2D eigenvalue weighted by Gasteiger charge is -2.14. The number of nitrogens with zero attached hydrogens (tertiary/aromatic N) is 2. The van der Waals surface area contributed by atoms with E-state index in [0.717, 1.165) is 23.9 Å². The molecule has 0 N–H and O–H groups in total. The number of carbonyl (C=O) groups excluding carboxylic acids is 2. The number of esters is 1. The van der Waals surface area contributed by atoms with Crippen LogP contribution in [0.25, 0.3) is 10.8 Å². The van der Waals surface area contributed by atoms with E-state index in [4.69, 9.17) is 4.74 Å². The normalized spacial score (nSPS) is 13.9. The molecule has 0 aliphatic heterocycles. The number of carbonyl (C=O) groups is 2. The molecule has 0 bridgehead atoms. The fraction of sp³-hybridized carbons (Fsp3) is 0.273. The van der Waals surface area contributed by atoms with Gasteiger partial charge in [-0.15, -0.1) is 0 Å². The summed E-state index contributed by atoms with van der Waals surface area (Å²) in [7, 11) is 1.48. The smallest absolute Gasteiger partial charge is 0.360 e. The lowest BCUT2D eigenvalue weighted by atomic mass is 10.0. The van der Waals surface area contributed by atoms with Crippen molar-refractivity contribution < 1.29 is 14.3 Å². The number of fused-ring (bicyclic) bond motifs is 2. The molecule has 142 valence electrons. The van der Waals surface area contributed by atoms with Crippen molar-refractivity contribution >= 4 is 22.5 Å². The second-order valence-electron chi connectivity index (χ2n) is 7.07. The second kappa shape index (κ2) is 7.03. The summed E-state index contributed by atoms with van der Waals surface area (Å²) in [5, 5.41) is 4.84. The van der Waals surface area contributed by atoms with Gasteiger partial charge in [0.2, 0.25) is 5.78 Å². The molecule has 1 aliphatic rings. The van der Waals surface area contributed by atoms with Crippen molar-refractivity contribution in [2.24, 2.45) is 7.05 Å². The van der Waals surface area contributed by atoms with Crippen LogP contribution in [0.5, 0.6) is 0 Å². The van der Waals surface area contributed by atoms with Crippen molar-refractivity contribution in [3.8, 4) is 0 Å². The number of hydrogen-bond acceptors (Lipinski definition) is 5. The quantitative estimate of drug-likeness (QED) is 0.517. The van der Waals surface area contributed by atoms with Crippen LogP contribution >= 0.6 is 0 Å². The number of benzene rings is 2. The first-order valence-electron chi connectivity index (χ1n) is 9.29. The first-order chi connectivity index (χ1) is 13.5. The highest BCUT2D eigenvalue weighted by Crippen LogP contribution is 2.24. The lowest BCUT2D eigenvalue weighted by Crippen LogP contribution is -2.28. The number of ether oxygens (including phenoxy) is 1. The van der Waals surface area contributed by atoms with Crippen molar-refractivity contribution in [2.45, 2.75) is 32.3 Å². The number of hydrogen-bond donors (Lipinski definition) is 0. The van der Waals surface area contributed by atoms with Gasteiger partial charge in [-0.25, -0.2) is 9.48 Å². The Morgan fingerprint density at radius 1 is 1.07 bits per heavy atom. The summed E-state index contributed by atoms with van der Waals surface area (Å²) in [6.07, 6.45) is 2.16. The zero-order valence-electron chi connectivity index (χ0n) is 15.8. The highest BCUT2D eigenvalue weighted by molar-refractivity contribution is 6.05. The highest BCUT2D eigenvalue weighted by Gasteiger charge is 2.24. The molecule has 1 aliphatic carbocycles. The summed E-state index contributed by atoms with van der Waals surface area (Å²) in [6, 6.07) is 12.4. The van der Waals surface area contributed by atoms with Gasteiger partial charge >= 0.3 is 5.97 Å². The van der Waals surface area contributed by atoms with Crippen LogP contribution in [0.15, 0.2) is 47.3 Å². The van der Waals surface area contributed by atoms with Gasteiger partial charge in [0.25, 0.3) is 5.56 Å². The Morgan fingerprint density at radius 3 is 2.57 bits per heavy atom. The molecule has 0 amide bonds. The van der Waals surface area contributed by atoms with E-state index in [-0.39, 0.29) is 17.0 Å². The molecule has 1 atom stereocenters. The summed E-state index contributed by atoms with van der Waals surface area (Å²) < 4.78 is 6.51. The average molecular weight is 376 g/mol. The Kier molecular flexibility index (Phi) is 4.55. The highest BCUT2D eigenvalue weighted by atomic mass is 16.5. The van der Waals surface area contributed by atoms with Gasteiger partial charge in [-0.2, -0.15) is 5.10 Å². The number of ketones is 1.